The lowest BCUT2D eigenvalue weighted by atomic mass is 9.80. The van der Waals surface area contributed by atoms with Crippen LogP contribution in [0, 0.1) is 5.92 Å². The molecule has 2 atom stereocenters. The summed E-state index contributed by atoms with van der Waals surface area (Å²) in [6.45, 7) is -9.22. The molecule has 6 nitrogen and oxygen atoms in total. The average Bonchev–Trinajstić information content (AvgIpc) is 3.08. The summed E-state index contributed by atoms with van der Waals surface area (Å²) in [6, 6.07) is 4.89. The van der Waals surface area contributed by atoms with Crippen LogP contribution >= 0.6 is 15.9 Å². The van der Waals surface area contributed by atoms with Gasteiger partial charge in [0.25, 0.3) is 0 Å². The number of hydrogen-bond donors (Lipinski definition) is 1. The van der Waals surface area contributed by atoms with Crippen LogP contribution in [0.5, 0.6) is 0 Å². The molecule has 1 aromatic heterocycles. The molecule has 0 unspecified atom stereocenters. The van der Waals surface area contributed by atoms with E-state index in [1.807, 2.05) is 0 Å². The van der Waals surface area contributed by atoms with Crippen molar-refractivity contribution in [2.75, 3.05) is 19.5 Å². The van der Waals surface area contributed by atoms with Gasteiger partial charge in [-0.05, 0) is 79.6 Å². The Hall–Kier alpha value is -2.12. The van der Waals surface area contributed by atoms with Crippen molar-refractivity contribution in [2.45, 2.75) is 52.5 Å². The molecule has 0 spiro atoms. The predicted molar refractivity (Wildman–Crippen MR) is 126 cm³/mol. The highest BCUT2D eigenvalue weighted by Crippen LogP contribution is 2.43. The minimum absolute atomic E-state index is 0.132. The number of fused-ring (bicyclic) bond motifs is 2. The molecule has 4 rings (SSSR count). The van der Waals surface area contributed by atoms with E-state index in [9.17, 15) is 9.59 Å². The van der Waals surface area contributed by atoms with Crippen molar-refractivity contribution >= 4 is 44.4 Å². The van der Waals surface area contributed by atoms with E-state index in [1.165, 1.54) is 10.6 Å². The molecule has 1 amide bonds. The maximum atomic E-state index is 13.7. The summed E-state index contributed by atoms with van der Waals surface area (Å²) in [5.74, 6) is -2.61. The minimum Gasteiger partial charge on any atom is -0.443 e. The molecule has 1 aliphatic carbocycles. The van der Waals surface area contributed by atoms with Gasteiger partial charge >= 0.3 is 6.09 Å². The van der Waals surface area contributed by atoms with Gasteiger partial charge in [0.15, 0.2) is 0 Å². The molecule has 0 saturated carbocycles. The fourth-order valence-electron chi connectivity index (χ4n) is 4.20. The lowest BCUT2D eigenvalue weighted by Crippen LogP contribution is -2.46. The van der Waals surface area contributed by atoms with Crippen molar-refractivity contribution in [2.24, 2.45) is 5.92 Å². The van der Waals surface area contributed by atoms with Gasteiger partial charge in [0.05, 0.1) is 16.0 Å². The van der Waals surface area contributed by atoms with E-state index in [4.69, 9.17) is 18.4 Å². The van der Waals surface area contributed by atoms with Crippen LogP contribution in [-0.2, 0) is 16.0 Å². The van der Waals surface area contributed by atoms with E-state index in [2.05, 4.69) is 21.2 Å². The van der Waals surface area contributed by atoms with Crippen LogP contribution < -0.4 is 5.32 Å². The first-order chi connectivity index (χ1) is 18.5. The van der Waals surface area contributed by atoms with Crippen molar-refractivity contribution in [1.82, 2.24) is 14.8 Å². The first-order valence-corrected chi connectivity index (χ1v) is 10.6. The molecule has 1 aliphatic heterocycles. The third kappa shape index (κ3) is 3.82. The van der Waals surface area contributed by atoms with Gasteiger partial charge in [0, 0.05) is 44.7 Å². The van der Waals surface area contributed by atoms with E-state index in [0.717, 1.165) is 10.9 Å². The molecule has 7 heteroatoms. The fourth-order valence-corrected chi connectivity index (χ4v) is 4.89. The second kappa shape index (κ2) is 8.10. The van der Waals surface area contributed by atoms with Crippen molar-refractivity contribution in [1.29, 1.82) is 0 Å². The van der Waals surface area contributed by atoms with Crippen LogP contribution in [0.4, 0.5) is 4.79 Å². The molecule has 1 aromatic carbocycles. The van der Waals surface area contributed by atoms with E-state index in [1.54, 1.807) is 39.0 Å². The Morgan fingerprint density at radius 2 is 2.10 bits per heavy atom. The quantitative estimate of drug-likeness (QED) is 0.673. The smallest absolute Gasteiger partial charge is 0.419 e. The Morgan fingerprint density at radius 1 is 1.35 bits per heavy atom. The molecule has 0 radical (unpaired) electrons. The average molecular weight is 498 g/mol. The Bertz CT molecular complexity index is 1410. The summed E-state index contributed by atoms with van der Waals surface area (Å²) in [6.07, 6.45) is 1.30. The zero-order chi connectivity index (χ0) is 31.1. The number of carbonyl (C=O) groups excluding carboxylic acids is 2. The fraction of sp³-hybridized carbons (Fsp3) is 0.500. The number of hydrogen-bond acceptors (Lipinski definition) is 4. The maximum absolute atomic E-state index is 13.7. The van der Waals surface area contributed by atoms with Crippen molar-refractivity contribution in [3.63, 3.8) is 0 Å². The van der Waals surface area contributed by atoms with Crippen molar-refractivity contribution < 1.29 is 28.0 Å². The zero-order valence-electron chi connectivity index (χ0n) is 27.4. The molecule has 2 heterocycles. The number of rotatable bonds is 3. The highest BCUT2D eigenvalue weighted by molar-refractivity contribution is 9.10. The standard InChI is InChI=1S/C24H30BrN3O3/c1-6-27(7-2)22(29)14-11-16-15-9-8-10-19-20(15)17(12-18(16)26-13-14)21(25)28(19)23(30)31-24(3,4)5/h8-11,14,18,26H,6-7,12-13H2,1-5H3/t14-,18-/m1/s1/i1D3,2D3,6D2,7D2. The minimum atomic E-state index is -3.63. The van der Waals surface area contributed by atoms with E-state index >= 15 is 0 Å². The zero-order valence-corrected chi connectivity index (χ0v) is 19.0. The highest BCUT2D eigenvalue weighted by atomic mass is 79.9. The summed E-state index contributed by atoms with van der Waals surface area (Å²) >= 11 is 3.55. The third-order valence-electron chi connectivity index (χ3n) is 5.43. The first-order valence-electron chi connectivity index (χ1n) is 14.9. The van der Waals surface area contributed by atoms with Gasteiger partial charge in [0.1, 0.15) is 5.60 Å². The van der Waals surface area contributed by atoms with Crippen molar-refractivity contribution in [3.8, 4) is 0 Å². The Labute approximate surface area is 205 Å². The molecular weight excluding hydrogens is 458 g/mol. The summed E-state index contributed by atoms with van der Waals surface area (Å²) in [5.41, 5.74) is 1.88. The predicted octanol–water partition coefficient (Wildman–Crippen LogP) is 4.58. The van der Waals surface area contributed by atoms with E-state index in [-0.39, 0.29) is 17.5 Å². The van der Waals surface area contributed by atoms with Crippen LogP contribution in [0.3, 0.4) is 0 Å². The lowest BCUT2D eigenvalue weighted by Gasteiger charge is -2.35. The molecule has 2 aliphatic rings. The number of ether oxygens (including phenoxy) is 1. The summed E-state index contributed by atoms with van der Waals surface area (Å²) in [5, 5.41) is 3.90. The van der Waals surface area contributed by atoms with Gasteiger partial charge in [-0.2, -0.15) is 0 Å². The van der Waals surface area contributed by atoms with E-state index < -0.39 is 50.2 Å². The number of amides is 1. The maximum Gasteiger partial charge on any atom is 0.419 e. The van der Waals surface area contributed by atoms with Crippen LogP contribution in [0.15, 0.2) is 28.9 Å². The number of benzene rings is 1. The number of nitrogens with zero attached hydrogens (tertiary/aromatic N) is 2. The highest BCUT2D eigenvalue weighted by Gasteiger charge is 2.36. The lowest BCUT2D eigenvalue weighted by molar-refractivity contribution is -0.133. The van der Waals surface area contributed by atoms with Crippen LogP contribution in [-0.4, -0.2) is 52.6 Å². The van der Waals surface area contributed by atoms with Gasteiger partial charge in [-0.25, -0.2) is 9.36 Å². The molecular formula is C24H30BrN3O3. The molecule has 0 fully saturated rings. The van der Waals surface area contributed by atoms with Crippen LogP contribution in [0.2, 0.25) is 0 Å². The molecule has 166 valence electrons. The van der Waals surface area contributed by atoms with Gasteiger partial charge < -0.3 is 15.0 Å². The largest absolute Gasteiger partial charge is 0.443 e. The van der Waals surface area contributed by atoms with Gasteiger partial charge in [0.2, 0.25) is 5.91 Å². The van der Waals surface area contributed by atoms with Crippen LogP contribution in [0.25, 0.3) is 16.5 Å². The second-order valence-electron chi connectivity index (χ2n) is 8.58. The SMILES string of the molecule is [2H]C([2H])([2H])C([2H])([2H])N(C(=O)[C@@H]1C=C2c3cccc4c3c(c(Br)n4C(=O)OC(C)(C)C)C[C@H]2NC1)C([2H])([2H])C([2H])([2H])[2H]. The summed E-state index contributed by atoms with van der Waals surface area (Å²) < 4.78 is 85.8. The normalized spacial score (nSPS) is 26.8. The number of halogens is 1. The Kier molecular flexibility index (Phi) is 3.34. The number of carbonyl (C=O) groups is 2. The molecule has 0 saturated heterocycles. The Balaban J connectivity index is 1.84. The Morgan fingerprint density at radius 3 is 2.77 bits per heavy atom. The van der Waals surface area contributed by atoms with Crippen LogP contribution in [0.1, 0.15) is 59.3 Å². The van der Waals surface area contributed by atoms with Gasteiger partial charge in [-0.15, -0.1) is 0 Å². The topological polar surface area (TPSA) is 63.6 Å². The molecule has 2 aromatic rings. The summed E-state index contributed by atoms with van der Waals surface area (Å²) in [7, 11) is 0. The molecule has 1 N–H and O–H groups in total. The monoisotopic (exact) mass is 497 g/mol. The van der Waals surface area contributed by atoms with Crippen molar-refractivity contribution in [3.05, 3.63) is 40.0 Å². The molecule has 0 bridgehead atoms. The number of aromatic nitrogens is 1. The first kappa shape index (κ1) is 12.8. The second-order valence-corrected chi connectivity index (χ2v) is 9.33. The van der Waals surface area contributed by atoms with E-state index in [0.29, 0.717) is 27.7 Å². The molecule has 31 heavy (non-hydrogen) atoms. The summed E-state index contributed by atoms with van der Waals surface area (Å²) in [4.78, 5) is 26.5. The third-order valence-corrected chi connectivity index (χ3v) is 6.26. The van der Waals surface area contributed by atoms with Gasteiger partial charge in [-0.1, -0.05) is 18.2 Å². The van der Waals surface area contributed by atoms with Gasteiger partial charge in [-0.3, -0.25) is 4.79 Å². The number of nitrogens with one attached hydrogen (secondary N) is 1.